The molecule has 0 atom stereocenters. The van der Waals surface area contributed by atoms with Gasteiger partial charge in [0.05, 0.1) is 0 Å². The highest BCUT2D eigenvalue weighted by molar-refractivity contribution is 5.85. The fourth-order valence-corrected chi connectivity index (χ4v) is 3.53. The largest absolute Gasteiger partial charge is 0.368 e. The molecule has 0 aromatic heterocycles. The Balaban J connectivity index is 0.00000243. The number of anilines is 1. The lowest BCUT2D eigenvalue weighted by Gasteiger charge is -2.36. The van der Waals surface area contributed by atoms with Gasteiger partial charge in [-0.25, -0.2) is 0 Å². The van der Waals surface area contributed by atoms with Crippen LogP contribution in [0.2, 0.25) is 0 Å². The lowest BCUT2D eigenvalue weighted by Crippen LogP contribution is -2.49. The van der Waals surface area contributed by atoms with Crippen LogP contribution in [0.25, 0.3) is 0 Å². The third kappa shape index (κ3) is 5.61. The van der Waals surface area contributed by atoms with E-state index in [1.54, 1.807) is 0 Å². The molecule has 144 valence electrons. The summed E-state index contributed by atoms with van der Waals surface area (Å²) in [6.07, 6.45) is 2.17. The number of halogens is 1. The molecule has 2 fully saturated rings. The van der Waals surface area contributed by atoms with E-state index < -0.39 is 0 Å². The molecule has 26 heavy (non-hydrogen) atoms. The van der Waals surface area contributed by atoms with Crippen LogP contribution in [0.15, 0.2) is 30.3 Å². The van der Waals surface area contributed by atoms with Crippen LogP contribution >= 0.6 is 12.4 Å². The summed E-state index contributed by atoms with van der Waals surface area (Å²) in [5.41, 5.74) is 1.21. The van der Waals surface area contributed by atoms with Gasteiger partial charge in [0.25, 0.3) is 0 Å². The van der Waals surface area contributed by atoms with Gasteiger partial charge in [0, 0.05) is 50.7 Å². The van der Waals surface area contributed by atoms with Crippen molar-refractivity contribution in [3.63, 3.8) is 0 Å². The Hall–Kier alpha value is -1.79. The topological polar surface area (TPSA) is 64.7 Å². The fraction of sp³-hybridized carbons (Fsp3) is 0.579. The zero-order chi connectivity index (χ0) is 17.5. The summed E-state index contributed by atoms with van der Waals surface area (Å²) in [6.45, 7) is 5.46. The Morgan fingerprint density at radius 3 is 2.35 bits per heavy atom. The van der Waals surface area contributed by atoms with E-state index >= 15 is 0 Å². The van der Waals surface area contributed by atoms with E-state index in [2.05, 4.69) is 27.7 Å². The third-order valence-electron chi connectivity index (χ3n) is 5.10. The minimum Gasteiger partial charge on any atom is -0.368 e. The molecule has 2 N–H and O–H groups in total. The summed E-state index contributed by atoms with van der Waals surface area (Å²) < 4.78 is 0. The Labute approximate surface area is 161 Å². The molecular formula is C19H29ClN4O2. The lowest BCUT2D eigenvalue weighted by atomic mass is 9.97. The lowest BCUT2D eigenvalue weighted by molar-refractivity contribution is -0.131. The molecule has 2 aliphatic heterocycles. The molecule has 1 aromatic carbocycles. The maximum Gasteiger partial charge on any atom is 0.224 e. The Kier molecular flexibility index (Phi) is 8.19. The monoisotopic (exact) mass is 380 g/mol. The first-order chi connectivity index (χ1) is 12.2. The van der Waals surface area contributed by atoms with Gasteiger partial charge in [-0.1, -0.05) is 18.2 Å². The molecule has 0 aliphatic carbocycles. The number of para-hydroxylation sites is 1. The number of piperidine rings is 1. The molecular weight excluding hydrogens is 352 g/mol. The zero-order valence-electron chi connectivity index (χ0n) is 15.2. The molecule has 2 heterocycles. The molecule has 2 saturated heterocycles. The number of benzene rings is 1. The highest BCUT2D eigenvalue weighted by Crippen LogP contribution is 2.16. The number of hydrogen-bond acceptors (Lipinski definition) is 4. The number of rotatable bonds is 5. The SMILES string of the molecule is Cl.O=C(NCCC(=O)N1CCN(c2ccccc2)CC1)C1CCNCC1. The van der Waals surface area contributed by atoms with Crippen LogP contribution in [0.1, 0.15) is 19.3 Å². The number of nitrogens with zero attached hydrogens (tertiary/aromatic N) is 2. The van der Waals surface area contributed by atoms with Crippen molar-refractivity contribution >= 4 is 29.9 Å². The molecule has 2 amide bonds. The fourth-order valence-electron chi connectivity index (χ4n) is 3.53. The molecule has 7 heteroatoms. The van der Waals surface area contributed by atoms with Crippen LogP contribution in [0, 0.1) is 5.92 Å². The number of hydrogen-bond donors (Lipinski definition) is 2. The van der Waals surface area contributed by atoms with Gasteiger partial charge in [0.15, 0.2) is 0 Å². The molecule has 0 saturated carbocycles. The van der Waals surface area contributed by atoms with Gasteiger partial charge in [-0.05, 0) is 38.1 Å². The second-order valence-corrected chi connectivity index (χ2v) is 6.77. The van der Waals surface area contributed by atoms with Gasteiger partial charge in [-0.3, -0.25) is 9.59 Å². The van der Waals surface area contributed by atoms with E-state index in [9.17, 15) is 9.59 Å². The maximum atomic E-state index is 12.3. The van der Waals surface area contributed by atoms with Crippen molar-refractivity contribution in [3.05, 3.63) is 30.3 Å². The van der Waals surface area contributed by atoms with Crippen molar-refractivity contribution in [2.75, 3.05) is 50.7 Å². The average molecular weight is 381 g/mol. The predicted octanol–water partition coefficient (Wildman–Crippen LogP) is 1.26. The Bertz CT molecular complexity index is 570. The molecule has 3 rings (SSSR count). The van der Waals surface area contributed by atoms with Gasteiger partial charge in [-0.2, -0.15) is 0 Å². The molecule has 6 nitrogen and oxygen atoms in total. The molecule has 0 radical (unpaired) electrons. The summed E-state index contributed by atoms with van der Waals surface area (Å²) in [4.78, 5) is 28.7. The first kappa shape index (κ1) is 20.5. The standard InChI is InChI=1S/C19H28N4O2.ClH/c24-18(8-11-21-19(25)16-6-9-20-10-7-16)23-14-12-22(13-15-23)17-4-2-1-3-5-17;/h1-5,16,20H,6-15H2,(H,21,25);1H. The van der Waals surface area contributed by atoms with E-state index in [1.807, 2.05) is 23.1 Å². The van der Waals surface area contributed by atoms with Gasteiger partial charge in [-0.15, -0.1) is 12.4 Å². The van der Waals surface area contributed by atoms with Crippen LogP contribution in [0.5, 0.6) is 0 Å². The van der Waals surface area contributed by atoms with Gasteiger partial charge >= 0.3 is 0 Å². The summed E-state index contributed by atoms with van der Waals surface area (Å²) in [5, 5.41) is 6.19. The quantitative estimate of drug-likeness (QED) is 0.807. The van der Waals surface area contributed by atoms with Crippen molar-refractivity contribution < 1.29 is 9.59 Å². The van der Waals surface area contributed by atoms with Crippen molar-refractivity contribution in [2.45, 2.75) is 19.3 Å². The molecule has 0 unspecified atom stereocenters. The summed E-state index contributed by atoms with van der Waals surface area (Å²) >= 11 is 0. The van der Waals surface area contributed by atoms with Crippen LogP contribution < -0.4 is 15.5 Å². The van der Waals surface area contributed by atoms with E-state index in [-0.39, 0.29) is 30.1 Å². The van der Waals surface area contributed by atoms with Gasteiger partial charge in [0.1, 0.15) is 0 Å². The van der Waals surface area contributed by atoms with Crippen LogP contribution in [0.3, 0.4) is 0 Å². The highest BCUT2D eigenvalue weighted by atomic mass is 35.5. The minimum atomic E-state index is 0. The number of amides is 2. The summed E-state index contributed by atoms with van der Waals surface area (Å²) in [6, 6.07) is 10.3. The minimum absolute atomic E-state index is 0. The van der Waals surface area contributed by atoms with Crippen molar-refractivity contribution in [2.24, 2.45) is 5.92 Å². The normalized spacial score (nSPS) is 18.2. The van der Waals surface area contributed by atoms with Gasteiger partial charge < -0.3 is 20.4 Å². The first-order valence-electron chi connectivity index (χ1n) is 9.30. The van der Waals surface area contributed by atoms with Crippen molar-refractivity contribution in [1.29, 1.82) is 0 Å². The van der Waals surface area contributed by atoms with Crippen LogP contribution in [-0.2, 0) is 9.59 Å². The van der Waals surface area contributed by atoms with Crippen molar-refractivity contribution in [3.8, 4) is 0 Å². The first-order valence-corrected chi connectivity index (χ1v) is 9.30. The second-order valence-electron chi connectivity index (χ2n) is 6.77. The van der Waals surface area contributed by atoms with E-state index in [0.717, 1.165) is 52.1 Å². The molecule has 0 spiro atoms. The van der Waals surface area contributed by atoms with E-state index in [1.165, 1.54) is 5.69 Å². The number of carbonyl (C=O) groups is 2. The summed E-state index contributed by atoms with van der Waals surface area (Å²) in [7, 11) is 0. The van der Waals surface area contributed by atoms with E-state index in [0.29, 0.717) is 13.0 Å². The average Bonchev–Trinajstić information content (AvgIpc) is 2.69. The van der Waals surface area contributed by atoms with E-state index in [4.69, 9.17) is 0 Å². The van der Waals surface area contributed by atoms with Crippen LogP contribution in [0.4, 0.5) is 5.69 Å². The Morgan fingerprint density at radius 2 is 1.69 bits per heavy atom. The highest BCUT2D eigenvalue weighted by Gasteiger charge is 2.23. The maximum absolute atomic E-state index is 12.3. The number of carbonyl (C=O) groups excluding carboxylic acids is 2. The van der Waals surface area contributed by atoms with Gasteiger partial charge in [0.2, 0.25) is 11.8 Å². The number of nitrogens with one attached hydrogen (secondary N) is 2. The molecule has 0 bridgehead atoms. The summed E-state index contributed by atoms with van der Waals surface area (Å²) in [5.74, 6) is 0.340. The van der Waals surface area contributed by atoms with Crippen molar-refractivity contribution in [1.82, 2.24) is 15.5 Å². The smallest absolute Gasteiger partial charge is 0.224 e. The third-order valence-corrected chi connectivity index (χ3v) is 5.10. The Morgan fingerprint density at radius 1 is 1.04 bits per heavy atom. The molecule has 2 aliphatic rings. The zero-order valence-corrected chi connectivity index (χ0v) is 16.0. The molecule has 1 aromatic rings. The second kappa shape index (κ2) is 10.4. The number of piperazine rings is 1. The van der Waals surface area contributed by atoms with Crippen LogP contribution in [-0.4, -0.2) is 62.5 Å². The predicted molar refractivity (Wildman–Crippen MR) is 106 cm³/mol.